The molecule has 0 amide bonds. The zero-order valence-corrected chi connectivity index (χ0v) is 11.7. The minimum atomic E-state index is 0.0438. The highest BCUT2D eigenvalue weighted by atomic mass is 32.1. The van der Waals surface area contributed by atoms with Crippen molar-refractivity contribution < 1.29 is 0 Å². The lowest BCUT2D eigenvalue weighted by molar-refractivity contribution is 0.564. The highest BCUT2D eigenvalue weighted by molar-refractivity contribution is 7.15. The average molecular weight is 247 g/mol. The van der Waals surface area contributed by atoms with Crippen LogP contribution >= 0.6 is 11.3 Å². The van der Waals surface area contributed by atoms with Crippen molar-refractivity contribution in [1.29, 1.82) is 0 Å². The minimum absolute atomic E-state index is 0.0438. The normalized spacial score (nSPS) is 11.8. The Hall–Kier alpha value is -1.29. The van der Waals surface area contributed by atoms with E-state index in [0.29, 0.717) is 0 Å². The molecule has 0 N–H and O–H groups in total. The Balaban J connectivity index is 2.52. The number of aryl methyl sites for hydroxylation is 2. The van der Waals surface area contributed by atoms with E-state index in [1.54, 1.807) is 11.3 Å². The SMILES string of the molecule is Cc1nc(-c2cnc(C)s2)cc(C(C)(C)C)n1. The Bertz CT molecular complexity index is 538. The average Bonchev–Trinajstić information content (AvgIpc) is 2.62. The van der Waals surface area contributed by atoms with Gasteiger partial charge in [-0.25, -0.2) is 15.0 Å². The smallest absolute Gasteiger partial charge is 0.126 e. The van der Waals surface area contributed by atoms with E-state index in [0.717, 1.165) is 27.1 Å². The van der Waals surface area contributed by atoms with Crippen LogP contribution in [0.4, 0.5) is 0 Å². The van der Waals surface area contributed by atoms with E-state index in [4.69, 9.17) is 0 Å². The van der Waals surface area contributed by atoms with Crippen LogP contribution in [0.25, 0.3) is 10.6 Å². The van der Waals surface area contributed by atoms with Gasteiger partial charge in [-0.2, -0.15) is 0 Å². The number of hydrogen-bond acceptors (Lipinski definition) is 4. The minimum Gasteiger partial charge on any atom is -0.249 e. The standard InChI is InChI=1S/C13H17N3S/c1-8-15-10(11-7-14-9(2)17-11)6-12(16-8)13(3,4)5/h6-7H,1-5H3. The fraction of sp³-hybridized carbons (Fsp3) is 0.462. The molecule has 0 aliphatic carbocycles. The number of rotatable bonds is 1. The molecule has 0 unspecified atom stereocenters. The molecule has 90 valence electrons. The van der Waals surface area contributed by atoms with Crippen molar-refractivity contribution in [2.75, 3.05) is 0 Å². The van der Waals surface area contributed by atoms with Crippen molar-refractivity contribution >= 4 is 11.3 Å². The molecule has 0 bridgehead atoms. The van der Waals surface area contributed by atoms with Gasteiger partial charge in [0.25, 0.3) is 0 Å². The van der Waals surface area contributed by atoms with Crippen molar-refractivity contribution in [2.45, 2.75) is 40.0 Å². The summed E-state index contributed by atoms with van der Waals surface area (Å²) in [5.74, 6) is 0.818. The van der Waals surface area contributed by atoms with Crippen LogP contribution in [0.15, 0.2) is 12.3 Å². The number of nitrogens with zero attached hydrogens (tertiary/aromatic N) is 3. The first kappa shape index (κ1) is 12.2. The molecular weight excluding hydrogens is 230 g/mol. The molecule has 2 heterocycles. The molecule has 0 atom stereocenters. The van der Waals surface area contributed by atoms with Gasteiger partial charge in [-0.15, -0.1) is 11.3 Å². The van der Waals surface area contributed by atoms with Gasteiger partial charge in [0.15, 0.2) is 0 Å². The summed E-state index contributed by atoms with van der Waals surface area (Å²) in [4.78, 5) is 14.4. The second-order valence-electron chi connectivity index (χ2n) is 5.18. The van der Waals surface area contributed by atoms with E-state index in [9.17, 15) is 0 Å². The van der Waals surface area contributed by atoms with E-state index in [-0.39, 0.29) is 5.41 Å². The second-order valence-corrected chi connectivity index (χ2v) is 6.41. The fourth-order valence-corrected chi connectivity index (χ4v) is 2.30. The van der Waals surface area contributed by atoms with Gasteiger partial charge in [0.2, 0.25) is 0 Å². The summed E-state index contributed by atoms with van der Waals surface area (Å²) < 4.78 is 0. The van der Waals surface area contributed by atoms with Gasteiger partial charge < -0.3 is 0 Å². The van der Waals surface area contributed by atoms with Crippen molar-refractivity contribution in [3.63, 3.8) is 0 Å². The van der Waals surface area contributed by atoms with Gasteiger partial charge in [0, 0.05) is 11.6 Å². The van der Waals surface area contributed by atoms with E-state index >= 15 is 0 Å². The predicted molar refractivity (Wildman–Crippen MR) is 71.3 cm³/mol. The third-order valence-corrected chi connectivity index (χ3v) is 3.42. The topological polar surface area (TPSA) is 38.7 Å². The number of thiazole rings is 1. The molecule has 17 heavy (non-hydrogen) atoms. The highest BCUT2D eigenvalue weighted by Gasteiger charge is 2.18. The molecule has 4 heteroatoms. The Kier molecular flexibility index (Phi) is 3.00. The van der Waals surface area contributed by atoms with Crippen LogP contribution in [-0.2, 0) is 5.41 Å². The van der Waals surface area contributed by atoms with Crippen LogP contribution in [0, 0.1) is 13.8 Å². The van der Waals surface area contributed by atoms with Crippen LogP contribution in [0.3, 0.4) is 0 Å². The van der Waals surface area contributed by atoms with Gasteiger partial charge in [0.1, 0.15) is 5.82 Å². The molecule has 0 spiro atoms. The Morgan fingerprint density at radius 1 is 1.12 bits per heavy atom. The lowest BCUT2D eigenvalue weighted by Gasteiger charge is -2.18. The van der Waals surface area contributed by atoms with Gasteiger partial charge in [-0.3, -0.25) is 0 Å². The van der Waals surface area contributed by atoms with Gasteiger partial charge in [-0.1, -0.05) is 20.8 Å². The second kappa shape index (κ2) is 4.18. The Morgan fingerprint density at radius 3 is 2.35 bits per heavy atom. The summed E-state index contributed by atoms with van der Waals surface area (Å²) in [5.41, 5.74) is 2.10. The van der Waals surface area contributed by atoms with E-state index in [1.807, 2.05) is 20.0 Å². The lowest BCUT2D eigenvalue weighted by atomic mass is 9.91. The van der Waals surface area contributed by atoms with Crippen LogP contribution in [0.2, 0.25) is 0 Å². The number of hydrogen-bond donors (Lipinski definition) is 0. The summed E-state index contributed by atoms with van der Waals surface area (Å²) in [6.45, 7) is 10.4. The first-order chi connectivity index (χ1) is 7.86. The monoisotopic (exact) mass is 247 g/mol. The molecule has 0 saturated carbocycles. The van der Waals surface area contributed by atoms with Gasteiger partial charge >= 0.3 is 0 Å². The highest BCUT2D eigenvalue weighted by Crippen LogP contribution is 2.28. The number of aromatic nitrogens is 3. The third kappa shape index (κ3) is 2.69. The van der Waals surface area contributed by atoms with Crippen molar-refractivity contribution in [3.05, 3.63) is 28.8 Å². The van der Waals surface area contributed by atoms with E-state index < -0.39 is 0 Å². The van der Waals surface area contributed by atoms with Gasteiger partial charge in [0.05, 0.1) is 21.3 Å². The summed E-state index contributed by atoms with van der Waals surface area (Å²) in [5, 5.41) is 1.06. The third-order valence-electron chi connectivity index (χ3n) is 2.48. The summed E-state index contributed by atoms with van der Waals surface area (Å²) in [6, 6.07) is 2.07. The van der Waals surface area contributed by atoms with Crippen LogP contribution < -0.4 is 0 Å². The molecular formula is C13H17N3S. The van der Waals surface area contributed by atoms with Crippen molar-refractivity contribution in [1.82, 2.24) is 15.0 Å². The zero-order valence-electron chi connectivity index (χ0n) is 10.9. The summed E-state index contributed by atoms with van der Waals surface area (Å²) in [6.07, 6.45) is 1.88. The van der Waals surface area contributed by atoms with Gasteiger partial charge in [-0.05, 0) is 19.9 Å². The maximum atomic E-state index is 4.51. The molecule has 0 saturated heterocycles. The van der Waals surface area contributed by atoms with E-state index in [1.165, 1.54) is 0 Å². The fourth-order valence-electron chi connectivity index (χ4n) is 1.56. The molecule has 0 fully saturated rings. The largest absolute Gasteiger partial charge is 0.249 e. The lowest BCUT2D eigenvalue weighted by Crippen LogP contribution is -2.15. The molecule has 3 nitrogen and oxygen atoms in total. The summed E-state index contributed by atoms with van der Waals surface area (Å²) in [7, 11) is 0. The first-order valence-electron chi connectivity index (χ1n) is 5.65. The molecule has 0 aliphatic heterocycles. The van der Waals surface area contributed by atoms with Crippen molar-refractivity contribution in [2.24, 2.45) is 0 Å². The zero-order chi connectivity index (χ0) is 12.6. The van der Waals surface area contributed by atoms with Crippen LogP contribution in [0.1, 0.15) is 37.3 Å². The van der Waals surface area contributed by atoms with Crippen LogP contribution in [0.5, 0.6) is 0 Å². The van der Waals surface area contributed by atoms with E-state index in [2.05, 4.69) is 41.8 Å². The molecule has 2 aromatic heterocycles. The summed E-state index contributed by atoms with van der Waals surface area (Å²) >= 11 is 1.67. The maximum absolute atomic E-state index is 4.51. The quantitative estimate of drug-likeness (QED) is 0.774. The maximum Gasteiger partial charge on any atom is 0.126 e. The molecule has 0 aliphatic rings. The molecule has 0 aromatic carbocycles. The molecule has 2 rings (SSSR count). The first-order valence-corrected chi connectivity index (χ1v) is 6.47. The van der Waals surface area contributed by atoms with Crippen molar-refractivity contribution in [3.8, 4) is 10.6 Å². The Labute approximate surface area is 106 Å². The molecule has 0 radical (unpaired) electrons. The molecule has 2 aromatic rings. The Morgan fingerprint density at radius 2 is 1.82 bits per heavy atom. The van der Waals surface area contributed by atoms with Crippen LogP contribution in [-0.4, -0.2) is 15.0 Å². The predicted octanol–water partition coefficient (Wildman–Crippen LogP) is 3.51.